The van der Waals surface area contributed by atoms with Gasteiger partial charge in [0.2, 0.25) is 0 Å². The third-order valence-electron chi connectivity index (χ3n) is 0.705. The van der Waals surface area contributed by atoms with Gasteiger partial charge in [0.25, 0.3) is 0 Å². The second-order valence-electron chi connectivity index (χ2n) is 1.11. The van der Waals surface area contributed by atoms with Gasteiger partial charge in [0.1, 0.15) is 6.29 Å². The Morgan fingerprint density at radius 3 is 2.29 bits per heavy atom. The molecule has 0 aromatic rings. The predicted octanol–water partition coefficient (Wildman–Crippen LogP) is 1.32. The van der Waals surface area contributed by atoms with Crippen molar-refractivity contribution in [3.8, 4) is 0 Å². The van der Waals surface area contributed by atoms with Crippen molar-refractivity contribution in [3.63, 3.8) is 0 Å². The van der Waals surface area contributed by atoms with Gasteiger partial charge in [-0.2, -0.15) is 0 Å². The molecule has 0 amide bonds. The molecule has 0 saturated heterocycles. The number of hydrogen-bond donors (Lipinski definition) is 0. The van der Waals surface area contributed by atoms with Crippen LogP contribution >= 0.6 is 0 Å². The number of aldehydes is 1. The van der Waals surface area contributed by atoms with E-state index in [1.807, 2.05) is 0 Å². The molecule has 0 aliphatic carbocycles. The highest BCUT2D eigenvalue weighted by Gasteiger charge is 1.77. The molecule has 0 aromatic heterocycles. The van der Waals surface area contributed by atoms with Gasteiger partial charge in [0, 0.05) is 5.57 Å². The van der Waals surface area contributed by atoms with Crippen LogP contribution in [0.1, 0.15) is 6.92 Å². The van der Waals surface area contributed by atoms with E-state index in [2.05, 4.69) is 6.58 Å². The Balaban J connectivity index is 3.85. The number of hydrogen-bond acceptors (Lipinski definition) is 1. The van der Waals surface area contributed by atoms with Gasteiger partial charge in [-0.3, -0.25) is 4.79 Å². The van der Waals surface area contributed by atoms with Crippen molar-refractivity contribution in [2.24, 2.45) is 0 Å². The molecule has 0 rings (SSSR count). The summed E-state index contributed by atoms with van der Waals surface area (Å²) in [6, 6.07) is 0. The highest BCUT2D eigenvalue weighted by atomic mass is 16.1. The van der Waals surface area contributed by atoms with Crippen molar-refractivity contribution >= 4 is 6.29 Å². The van der Waals surface area contributed by atoms with Crippen molar-refractivity contribution in [2.45, 2.75) is 6.92 Å². The minimum absolute atomic E-state index is 0.639. The van der Waals surface area contributed by atoms with Gasteiger partial charge in [-0.05, 0) is 6.92 Å². The van der Waals surface area contributed by atoms with Gasteiger partial charge in [-0.1, -0.05) is 18.7 Å². The van der Waals surface area contributed by atoms with E-state index in [9.17, 15) is 4.79 Å². The maximum absolute atomic E-state index is 9.83. The standard InChI is InChI=1S/C6H8O/c1-3-6(4-2)5-7/h3-5H,1H2,2H3/b6-4-. The molecular weight excluding hydrogens is 88.1 g/mol. The Labute approximate surface area is 43.3 Å². The zero-order chi connectivity index (χ0) is 5.70. The van der Waals surface area contributed by atoms with Crippen molar-refractivity contribution < 1.29 is 4.79 Å². The first kappa shape index (κ1) is 6.15. The summed E-state index contributed by atoms with van der Waals surface area (Å²) in [6.07, 6.45) is 4.00. The zero-order valence-electron chi connectivity index (χ0n) is 4.35. The van der Waals surface area contributed by atoms with E-state index in [4.69, 9.17) is 0 Å². The second kappa shape index (κ2) is 3.34. The largest absolute Gasteiger partial charge is 0.298 e. The first-order valence-electron chi connectivity index (χ1n) is 2.09. The first-order chi connectivity index (χ1) is 3.35. The molecule has 1 heteroatoms. The fourth-order valence-corrected chi connectivity index (χ4v) is 0.234. The van der Waals surface area contributed by atoms with Crippen LogP contribution in [0.5, 0.6) is 0 Å². The Bertz CT molecular complexity index is 90.7. The zero-order valence-corrected chi connectivity index (χ0v) is 4.35. The monoisotopic (exact) mass is 96.1 g/mol. The Morgan fingerprint density at radius 1 is 1.71 bits per heavy atom. The molecule has 0 aliphatic rings. The van der Waals surface area contributed by atoms with Crippen molar-refractivity contribution in [1.82, 2.24) is 0 Å². The van der Waals surface area contributed by atoms with Crippen LogP contribution in [0.3, 0.4) is 0 Å². The van der Waals surface area contributed by atoms with Gasteiger partial charge < -0.3 is 0 Å². The van der Waals surface area contributed by atoms with E-state index in [0.29, 0.717) is 5.57 Å². The molecule has 0 N–H and O–H groups in total. The molecule has 0 radical (unpaired) electrons. The van der Waals surface area contributed by atoms with Crippen LogP contribution in [0.25, 0.3) is 0 Å². The molecule has 0 bridgehead atoms. The summed E-state index contributed by atoms with van der Waals surface area (Å²) in [7, 11) is 0. The summed E-state index contributed by atoms with van der Waals surface area (Å²) in [4.78, 5) is 9.83. The van der Waals surface area contributed by atoms with Crippen LogP contribution < -0.4 is 0 Å². The summed E-state index contributed by atoms with van der Waals surface area (Å²) in [5, 5.41) is 0. The van der Waals surface area contributed by atoms with Gasteiger partial charge >= 0.3 is 0 Å². The van der Waals surface area contributed by atoms with Crippen LogP contribution in [0.15, 0.2) is 24.3 Å². The summed E-state index contributed by atoms with van der Waals surface area (Å²) >= 11 is 0. The predicted molar refractivity (Wildman–Crippen MR) is 30.0 cm³/mol. The van der Waals surface area contributed by atoms with Gasteiger partial charge in [0.05, 0.1) is 0 Å². The summed E-state index contributed by atoms with van der Waals surface area (Å²) in [5.41, 5.74) is 0.639. The molecule has 0 spiro atoms. The molecule has 0 aliphatic heterocycles. The maximum Gasteiger partial charge on any atom is 0.149 e. The van der Waals surface area contributed by atoms with Crippen LogP contribution in [-0.4, -0.2) is 6.29 Å². The lowest BCUT2D eigenvalue weighted by atomic mass is 10.3. The average Bonchev–Trinajstić information content (AvgIpc) is 1.72. The fourth-order valence-electron chi connectivity index (χ4n) is 0.234. The molecule has 0 aromatic carbocycles. The van der Waals surface area contributed by atoms with E-state index in [1.54, 1.807) is 13.0 Å². The Morgan fingerprint density at radius 2 is 2.29 bits per heavy atom. The topological polar surface area (TPSA) is 17.1 Å². The van der Waals surface area contributed by atoms with Gasteiger partial charge in [-0.15, -0.1) is 0 Å². The van der Waals surface area contributed by atoms with Crippen LogP contribution in [0.2, 0.25) is 0 Å². The molecule has 0 atom stereocenters. The molecule has 0 saturated carbocycles. The number of rotatable bonds is 2. The Hall–Kier alpha value is -0.850. The number of carbonyl (C=O) groups is 1. The van der Waals surface area contributed by atoms with E-state index in [1.165, 1.54) is 6.08 Å². The smallest absolute Gasteiger partial charge is 0.149 e. The van der Waals surface area contributed by atoms with E-state index >= 15 is 0 Å². The van der Waals surface area contributed by atoms with Gasteiger partial charge in [-0.25, -0.2) is 0 Å². The third kappa shape index (κ3) is 1.93. The highest BCUT2D eigenvalue weighted by molar-refractivity contribution is 5.76. The minimum Gasteiger partial charge on any atom is -0.298 e. The van der Waals surface area contributed by atoms with E-state index in [-0.39, 0.29) is 0 Å². The number of carbonyl (C=O) groups excluding carboxylic acids is 1. The van der Waals surface area contributed by atoms with Crippen molar-refractivity contribution in [3.05, 3.63) is 24.3 Å². The molecule has 38 valence electrons. The van der Waals surface area contributed by atoms with Crippen LogP contribution in [-0.2, 0) is 4.79 Å². The van der Waals surface area contributed by atoms with Crippen molar-refractivity contribution in [2.75, 3.05) is 0 Å². The molecule has 7 heavy (non-hydrogen) atoms. The lowest BCUT2D eigenvalue weighted by Crippen LogP contribution is -1.72. The van der Waals surface area contributed by atoms with Gasteiger partial charge in [0.15, 0.2) is 0 Å². The molecule has 0 heterocycles. The Kier molecular flexibility index (Phi) is 2.94. The average molecular weight is 96.1 g/mol. The summed E-state index contributed by atoms with van der Waals surface area (Å²) in [5.74, 6) is 0. The van der Waals surface area contributed by atoms with E-state index < -0.39 is 0 Å². The second-order valence-corrected chi connectivity index (χ2v) is 1.11. The highest BCUT2D eigenvalue weighted by Crippen LogP contribution is 1.85. The quantitative estimate of drug-likeness (QED) is 0.288. The normalized spacial score (nSPS) is 10.7. The van der Waals surface area contributed by atoms with Crippen LogP contribution in [0.4, 0.5) is 0 Å². The lowest BCUT2D eigenvalue weighted by molar-refractivity contribution is -0.104. The molecular formula is C6H8O. The SMILES string of the molecule is C=C/C(C=O)=C/C. The number of allylic oxidation sites excluding steroid dienone is 3. The fraction of sp³-hybridized carbons (Fsp3) is 0.167. The van der Waals surface area contributed by atoms with E-state index in [0.717, 1.165) is 6.29 Å². The maximum atomic E-state index is 9.83. The molecule has 0 fully saturated rings. The van der Waals surface area contributed by atoms with Crippen LogP contribution in [0, 0.1) is 0 Å². The lowest BCUT2D eigenvalue weighted by Gasteiger charge is -1.77. The van der Waals surface area contributed by atoms with Crippen molar-refractivity contribution in [1.29, 1.82) is 0 Å². The third-order valence-corrected chi connectivity index (χ3v) is 0.705. The summed E-state index contributed by atoms with van der Waals surface area (Å²) < 4.78 is 0. The minimum atomic E-state index is 0.639. The molecule has 0 unspecified atom stereocenters. The summed E-state index contributed by atoms with van der Waals surface area (Å²) in [6.45, 7) is 5.20. The first-order valence-corrected chi connectivity index (χ1v) is 2.09. The molecule has 1 nitrogen and oxygen atoms in total.